The van der Waals surface area contributed by atoms with Crippen LogP contribution in [0.15, 0.2) is 91.0 Å². The number of hydrogen-bond acceptors (Lipinski definition) is 3. The van der Waals surface area contributed by atoms with Crippen LogP contribution in [0.25, 0.3) is 0 Å². The first-order valence-electron chi connectivity index (χ1n) is 16.7. The fourth-order valence-electron chi connectivity index (χ4n) is 7.97. The smallest absolute Gasteiger partial charge is 0.250 e. The van der Waals surface area contributed by atoms with Gasteiger partial charge in [-0.2, -0.15) is 0 Å². The largest absolute Gasteiger partial charge is 0.339 e. The van der Waals surface area contributed by atoms with Crippen LogP contribution in [0.2, 0.25) is 0 Å². The summed E-state index contributed by atoms with van der Waals surface area (Å²) in [4.78, 5) is 21.9. The van der Waals surface area contributed by atoms with Crippen LogP contribution in [0.5, 0.6) is 0 Å². The van der Waals surface area contributed by atoms with E-state index in [1.54, 1.807) is 0 Å². The van der Waals surface area contributed by atoms with Gasteiger partial charge >= 0.3 is 0 Å². The van der Waals surface area contributed by atoms with Crippen LogP contribution in [-0.2, 0) is 4.79 Å². The third-order valence-electron chi connectivity index (χ3n) is 10.4. The van der Waals surface area contributed by atoms with Crippen molar-refractivity contribution in [1.29, 1.82) is 0 Å². The summed E-state index contributed by atoms with van der Waals surface area (Å²) in [6, 6.07) is 33.0. The van der Waals surface area contributed by atoms with Gasteiger partial charge in [0.2, 0.25) is 5.91 Å². The standard InChI is InChI=1S/C38H49N3O.ClH/c42-37-38(26-29-39(30-27-38)34-21-13-4-2-1-3-5-14-22-34)41(35-23-15-8-16-24-35)31-40(37)28-25-36(32-17-9-6-10-18-32)33-19-11-7-12-20-33;/h6-12,15-20,23-24,34,36H,1-5,13-14,21-22,25-31H2;1H. The number of halogens is 1. The lowest BCUT2D eigenvalue weighted by Crippen LogP contribution is -2.58. The minimum atomic E-state index is -0.428. The van der Waals surface area contributed by atoms with Crippen LogP contribution in [0.3, 0.4) is 0 Å². The highest BCUT2D eigenvalue weighted by atomic mass is 35.5. The molecule has 1 aliphatic carbocycles. The van der Waals surface area contributed by atoms with E-state index in [1.165, 1.54) is 74.6 Å². The Kier molecular flexibility index (Phi) is 11.2. The number of hydrogen-bond donors (Lipinski definition) is 0. The molecule has 0 atom stereocenters. The Morgan fingerprint density at radius 1 is 0.674 bits per heavy atom. The van der Waals surface area contributed by atoms with E-state index < -0.39 is 5.54 Å². The van der Waals surface area contributed by atoms with Crippen molar-refractivity contribution in [3.8, 4) is 0 Å². The molecule has 4 nitrogen and oxygen atoms in total. The Labute approximate surface area is 265 Å². The number of piperidine rings is 1. The molecule has 6 rings (SSSR count). The summed E-state index contributed by atoms with van der Waals surface area (Å²) in [5.41, 5.74) is 3.40. The zero-order chi connectivity index (χ0) is 28.6. The zero-order valence-electron chi connectivity index (χ0n) is 25.8. The number of amides is 1. The van der Waals surface area contributed by atoms with Crippen LogP contribution in [0, 0.1) is 0 Å². The maximum atomic E-state index is 14.5. The third kappa shape index (κ3) is 7.29. The van der Waals surface area contributed by atoms with Gasteiger partial charge in [-0.1, -0.05) is 124 Å². The van der Waals surface area contributed by atoms with Gasteiger partial charge in [0, 0.05) is 37.3 Å². The number of nitrogens with zero attached hydrogens (tertiary/aromatic N) is 3. The Morgan fingerprint density at radius 3 is 1.70 bits per heavy atom. The Bertz CT molecular complexity index is 1200. The monoisotopic (exact) mass is 599 g/mol. The number of para-hydroxylation sites is 1. The fourth-order valence-corrected chi connectivity index (χ4v) is 7.97. The molecule has 3 aliphatic rings. The molecule has 230 valence electrons. The summed E-state index contributed by atoms with van der Waals surface area (Å²) in [6.07, 6.45) is 15.2. The lowest BCUT2D eigenvalue weighted by Gasteiger charge is -2.45. The number of anilines is 1. The average molecular weight is 600 g/mol. The van der Waals surface area contributed by atoms with Crippen LogP contribution in [0.4, 0.5) is 5.69 Å². The molecule has 2 aliphatic heterocycles. The van der Waals surface area contributed by atoms with E-state index in [9.17, 15) is 4.79 Å². The lowest BCUT2D eigenvalue weighted by molar-refractivity contribution is -0.133. The highest BCUT2D eigenvalue weighted by molar-refractivity contribution is 5.93. The van der Waals surface area contributed by atoms with Crippen molar-refractivity contribution in [2.75, 3.05) is 31.2 Å². The molecule has 1 spiro atoms. The summed E-state index contributed by atoms with van der Waals surface area (Å²) < 4.78 is 0. The quantitative estimate of drug-likeness (QED) is 0.272. The predicted octanol–water partition coefficient (Wildman–Crippen LogP) is 8.66. The molecule has 0 aromatic heterocycles. The van der Waals surface area contributed by atoms with E-state index in [2.05, 4.69) is 106 Å². The molecule has 2 heterocycles. The van der Waals surface area contributed by atoms with Crippen molar-refractivity contribution in [2.45, 2.75) is 94.5 Å². The molecule has 2 saturated heterocycles. The molecule has 3 aromatic carbocycles. The van der Waals surface area contributed by atoms with Gasteiger partial charge in [0.25, 0.3) is 0 Å². The number of carbonyl (C=O) groups is 1. The first-order valence-corrected chi connectivity index (χ1v) is 16.7. The maximum absolute atomic E-state index is 14.5. The van der Waals surface area contributed by atoms with Crippen molar-refractivity contribution < 1.29 is 4.79 Å². The van der Waals surface area contributed by atoms with Gasteiger partial charge in [0.05, 0.1) is 6.67 Å². The molecule has 0 bridgehead atoms. The van der Waals surface area contributed by atoms with E-state index in [4.69, 9.17) is 0 Å². The van der Waals surface area contributed by atoms with Crippen molar-refractivity contribution in [1.82, 2.24) is 9.80 Å². The molecule has 1 amide bonds. The Hall–Kier alpha value is -2.82. The van der Waals surface area contributed by atoms with Crippen LogP contribution >= 0.6 is 12.4 Å². The van der Waals surface area contributed by atoms with Gasteiger partial charge in [0.15, 0.2) is 0 Å². The lowest BCUT2D eigenvalue weighted by atomic mass is 9.83. The maximum Gasteiger partial charge on any atom is 0.250 e. The van der Waals surface area contributed by atoms with E-state index in [-0.39, 0.29) is 18.3 Å². The summed E-state index contributed by atoms with van der Waals surface area (Å²) in [7, 11) is 0. The van der Waals surface area contributed by atoms with Gasteiger partial charge in [-0.15, -0.1) is 12.4 Å². The average Bonchev–Trinajstić information content (AvgIpc) is 3.32. The van der Waals surface area contributed by atoms with Crippen LogP contribution in [-0.4, -0.2) is 53.6 Å². The third-order valence-corrected chi connectivity index (χ3v) is 10.4. The minimum Gasteiger partial charge on any atom is -0.339 e. The Morgan fingerprint density at radius 2 is 1.16 bits per heavy atom. The summed E-state index contributed by atoms with van der Waals surface area (Å²) in [5, 5.41) is 0. The highest BCUT2D eigenvalue weighted by Gasteiger charge is 2.54. The minimum absolute atomic E-state index is 0. The number of rotatable bonds is 7. The van der Waals surface area contributed by atoms with Gasteiger partial charge in [-0.25, -0.2) is 0 Å². The van der Waals surface area contributed by atoms with Crippen molar-refractivity contribution >= 4 is 24.0 Å². The van der Waals surface area contributed by atoms with Crippen molar-refractivity contribution in [3.63, 3.8) is 0 Å². The van der Waals surface area contributed by atoms with Gasteiger partial charge in [0.1, 0.15) is 5.54 Å². The van der Waals surface area contributed by atoms with Crippen LogP contribution in [0.1, 0.15) is 94.1 Å². The highest BCUT2D eigenvalue weighted by Crippen LogP contribution is 2.41. The molecule has 0 N–H and O–H groups in total. The molecular formula is C38H50ClN3O. The molecule has 5 heteroatoms. The molecule has 3 aromatic rings. The zero-order valence-corrected chi connectivity index (χ0v) is 26.6. The van der Waals surface area contributed by atoms with Gasteiger partial charge < -0.3 is 14.7 Å². The van der Waals surface area contributed by atoms with Crippen LogP contribution < -0.4 is 4.90 Å². The van der Waals surface area contributed by atoms with E-state index in [0.717, 1.165) is 38.9 Å². The number of carbonyl (C=O) groups excluding carboxylic acids is 1. The molecule has 1 saturated carbocycles. The molecular weight excluding hydrogens is 550 g/mol. The number of benzene rings is 3. The SMILES string of the molecule is Cl.O=C1N(CCC(c2ccccc2)c2ccccc2)CN(c2ccccc2)C12CCN(C1CCCCCCCCC1)CC2. The first-order chi connectivity index (χ1) is 20.7. The van der Waals surface area contributed by atoms with E-state index >= 15 is 0 Å². The molecule has 43 heavy (non-hydrogen) atoms. The van der Waals surface area contributed by atoms with Gasteiger partial charge in [-0.05, 0) is 55.4 Å². The second-order valence-corrected chi connectivity index (χ2v) is 12.9. The Balaban J connectivity index is 0.00000368. The summed E-state index contributed by atoms with van der Waals surface area (Å²) in [6.45, 7) is 3.52. The second kappa shape index (κ2) is 15.3. The molecule has 0 unspecified atom stereocenters. The summed E-state index contributed by atoms with van der Waals surface area (Å²) in [5.74, 6) is 0.619. The van der Waals surface area contributed by atoms with E-state index in [1.807, 2.05) is 0 Å². The molecule has 3 fully saturated rings. The van der Waals surface area contributed by atoms with Gasteiger partial charge in [-0.3, -0.25) is 4.79 Å². The van der Waals surface area contributed by atoms with E-state index in [0.29, 0.717) is 18.6 Å². The van der Waals surface area contributed by atoms with Crippen molar-refractivity contribution in [3.05, 3.63) is 102 Å². The summed E-state index contributed by atoms with van der Waals surface area (Å²) >= 11 is 0. The number of likely N-dealkylation sites (tertiary alicyclic amines) is 1. The normalized spacial score (nSPS) is 20.3. The fraction of sp³-hybridized carbons (Fsp3) is 0.500. The predicted molar refractivity (Wildman–Crippen MR) is 181 cm³/mol. The molecule has 0 radical (unpaired) electrons. The topological polar surface area (TPSA) is 26.8 Å². The second-order valence-electron chi connectivity index (χ2n) is 12.9. The first kappa shape index (κ1) is 31.6. The van der Waals surface area contributed by atoms with Crippen molar-refractivity contribution in [2.24, 2.45) is 0 Å².